The Morgan fingerprint density at radius 2 is 2.03 bits per heavy atom. The molecule has 1 atom stereocenters. The first kappa shape index (κ1) is 20.9. The standard InChI is InChI=1S/C23H20N10O2/c1-31-10-5-23(35,21(31)34)16-11-15(12-24-13-16)17-4-9-32(30-17)19-3-7-26-22(29-19)28-18-14-27-33-8-2-6-25-20(18)33/h2-4,6-9,11-14,35H,5,10H2,1H3,(H,26,28,29). The number of anilines is 2. The normalized spacial score (nSPS) is 17.9. The van der Waals surface area contributed by atoms with Crippen LogP contribution < -0.4 is 5.32 Å². The van der Waals surface area contributed by atoms with Crippen LogP contribution in [0.3, 0.4) is 0 Å². The van der Waals surface area contributed by atoms with Gasteiger partial charge < -0.3 is 15.3 Å². The lowest BCUT2D eigenvalue weighted by Gasteiger charge is -2.21. The monoisotopic (exact) mass is 468 g/mol. The van der Waals surface area contributed by atoms with Crippen molar-refractivity contribution in [1.29, 1.82) is 0 Å². The molecule has 6 heterocycles. The second kappa shape index (κ2) is 7.95. The van der Waals surface area contributed by atoms with Gasteiger partial charge in [0, 0.05) is 74.4 Å². The van der Waals surface area contributed by atoms with Crippen LogP contribution >= 0.6 is 0 Å². The molecule has 1 unspecified atom stereocenters. The molecule has 6 rings (SSSR count). The number of hydrogen-bond acceptors (Lipinski definition) is 9. The van der Waals surface area contributed by atoms with E-state index in [1.807, 2.05) is 6.07 Å². The maximum absolute atomic E-state index is 12.5. The van der Waals surface area contributed by atoms with Crippen LogP contribution in [0.4, 0.5) is 11.6 Å². The van der Waals surface area contributed by atoms with Crippen LogP contribution in [-0.4, -0.2) is 68.8 Å². The molecule has 1 aliphatic rings. The SMILES string of the molecule is CN1CCC(O)(c2cncc(-c3ccn(-c4ccnc(Nc5cnn6cccnc56)n4)n3)c2)C1=O. The second-order valence-electron chi connectivity index (χ2n) is 8.25. The molecule has 5 aromatic heterocycles. The molecule has 0 aliphatic carbocycles. The van der Waals surface area contributed by atoms with E-state index >= 15 is 0 Å². The molecule has 1 amide bonds. The first-order valence-corrected chi connectivity index (χ1v) is 10.9. The van der Waals surface area contributed by atoms with Crippen LogP contribution in [0.2, 0.25) is 0 Å². The van der Waals surface area contributed by atoms with E-state index in [4.69, 9.17) is 0 Å². The van der Waals surface area contributed by atoms with E-state index in [1.54, 1.807) is 71.6 Å². The van der Waals surface area contributed by atoms with Crippen molar-refractivity contribution in [3.05, 3.63) is 73.2 Å². The summed E-state index contributed by atoms with van der Waals surface area (Å²) in [6.45, 7) is 0.490. The van der Waals surface area contributed by atoms with Gasteiger partial charge in [-0.25, -0.2) is 19.2 Å². The van der Waals surface area contributed by atoms with Gasteiger partial charge in [-0.2, -0.15) is 15.2 Å². The minimum absolute atomic E-state index is 0.320. The lowest BCUT2D eigenvalue weighted by atomic mass is 9.92. The van der Waals surface area contributed by atoms with Crippen molar-refractivity contribution < 1.29 is 9.90 Å². The van der Waals surface area contributed by atoms with Crippen molar-refractivity contribution in [3.63, 3.8) is 0 Å². The van der Waals surface area contributed by atoms with E-state index in [1.165, 1.54) is 11.1 Å². The van der Waals surface area contributed by atoms with Crippen molar-refractivity contribution in [2.24, 2.45) is 0 Å². The molecular formula is C23H20N10O2. The summed E-state index contributed by atoms with van der Waals surface area (Å²) in [5.74, 6) is 0.591. The number of fused-ring (bicyclic) bond motifs is 1. The Bertz CT molecular complexity index is 1560. The molecule has 12 heteroatoms. The topological polar surface area (TPSA) is 139 Å². The van der Waals surface area contributed by atoms with E-state index in [-0.39, 0.29) is 5.91 Å². The fraction of sp³-hybridized carbons (Fsp3) is 0.174. The summed E-state index contributed by atoms with van der Waals surface area (Å²) in [4.78, 5) is 31.4. The van der Waals surface area contributed by atoms with Crippen LogP contribution in [-0.2, 0) is 10.4 Å². The number of nitrogens with zero attached hydrogens (tertiary/aromatic N) is 9. The molecule has 0 aromatic carbocycles. The summed E-state index contributed by atoms with van der Waals surface area (Å²) in [5, 5.41) is 23.0. The van der Waals surface area contributed by atoms with E-state index in [0.29, 0.717) is 52.9 Å². The summed E-state index contributed by atoms with van der Waals surface area (Å²) in [5.41, 5.74) is 1.53. The number of pyridine rings is 1. The Kier molecular flexibility index (Phi) is 4.74. The third-order valence-corrected chi connectivity index (χ3v) is 6.01. The molecule has 35 heavy (non-hydrogen) atoms. The van der Waals surface area contributed by atoms with Crippen LogP contribution in [0.5, 0.6) is 0 Å². The third-order valence-electron chi connectivity index (χ3n) is 6.01. The first-order chi connectivity index (χ1) is 17.0. The molecule has 12 nitrogen and oxygen atoms in total. The van der Waals surface area contributed by atoms with Crippen molar-refractivity contribution in [2.45, 2.75) is 12.0 Å². The lowest BCUT2D eigenvalue weighted by Crippen LogP contribution is -2.36. The Morgan fingerprint density at radius 3 is 2.89 bits per heavy atom. The molecule has 5 aromatic rings. The Hall–Kier alpha value is -4.71. The van der Waals surface area contributed by atoms with Gasteiger partial charge in [0.1, 0.15) is 5.69 Å². The minimum Gasteiger partial charge on any atom is -0.375 e. The zero-order valence-electron chi connectivity index (χ0n) is 18.6. The van der Waals surface area contributed by atoms with Gasteiger partial charge >= 0.3 is 0 Å². The summed E-state index contributed by atoms with van der Waals surface area (Å²) >= 11 is 0. The maximum atomic E-state index is 12.5. The van der Waals surface area contributed by atoms with Gasteiger partial charge in [0.25, 0.3) is 5.91 Å². The molecule has 0 bridgehead atoms. The molecule has 2 N–H and O–H groups in total. The van der Waals surface area contributed by atoms with Crippen molar-refractivity contribution in [1.82, 2.24) is 44.2 Å². The number of carbonyl (C=O) groups is 1. The number of likely N-dealkylation sites (tertiary alicyclic amines) is 1. The highest BCUT2D eigenvalue weighted by Gasteiger charge is 2.45. The Balaban J connectivity index is 1.27. The largest absolute Gasteiger partial charge is 0.375 e. The fourth-order valence-electron chi connectivity index (χ4n) is 4.11. The smallest absolute Gasteiger partial charge is 0.259 e. The van der Waals surface area contributed by atoms with Gasteiger partial charge in [-0.05, 0) is 18.2 Å². The predicted molar refractivity (Wildman–Crippen MR) is 125 cm³/mol. The van der Waals surface area contributed by atoms with E-state index in [2.05, 4.69) is 35.5 Å². The van der Waals surface area contributed by atoms with E-state index in [9.17, 15) is 9.90 Å². The lowest BCUT2D eigenvalue weighted by molar-refractivity contribution is -0.143. The molecule has 1 fully saturated rings. The summed E-state index contributed by atoms with van der Waals surface area (Å²) < 4.78 is 3.27. The minimum atomic E-state index is -1.57. The van der Waals surface area contributed by atoms with E-state index < -0.39 is 5.60 Å². The molecule has 1 aliphatic heterocycles. The van der Waals surface area contributed by atoms with E-state index in [0.717, 1.165) is 0 Å². The highest BCUT2D eigenvalue weighted by molar-refractivity contribution is 5.88. The number of aromatic nitrogens is 8. The quantitative estimate of drug-likeness (QED) is 0.393. The molecule has 174 valence electrons. The Morgan fingerprint density at radius 1 is 1.11 bits per heavy atom. The number of carbonyl (C=O) groups excluding carboxylic acids is 1. The van der Waals surface area contributed by atoms with Crippen molar-refractivity contribution >= 4 is 23.2 Å². The van der Waals surface area contributed by atoms with Gasteiger partial charge in [0.05, 0.1) is 11.9 Å². The summed E-state index contributed by atoms with van der Waals surface area (Å²) in [6.07, 6.45) is 12.0. The van der Waals surface area contributed by atoms with Gasteiger partial charge in [-0.1, -0.05) is 0 Å². The number of aliphatic hydroxyl groups is 1. The second-order valence-corrected chi connectivity index (χ2v) is 8.25. The highest BCUT2D eigenvalue weighted by atomic mass is 16.3. The first-order valence-electron chi connectivity index (χ1n) is 10.9. The maximum Gasteiger partial charge on any atom is 0.259 e. The zero-order valence-corrected chi connectivity index (χ0v) is 18.6. The van der Waals surface area contributed by atoms with Gasteiger partial charge in [0.2, 0.25) is 5.95 Å². The van der Waals surface area contributed by atoms with Crippen molar-refractivity contribution in [2.75, 3.05) is 18.9 Å². The molecule has 0 saturated carbocycles. The summed E-state index contributed by atoms with van der Waals surface area (Å²) in [7, 11) is 1.68. The van der Waals surface area contributed by atoms with Crippen molar-refractivity contribution in [3.8, 4) is 17.1 Å². The van der Waals surface area contributed by atoms with Crippen LogP contribution in [0.15, 0.2) is 67.6 Å². The number of amides is 1. The van der Waals surface area contributed by atoms with Gasteiger partial charge in [0.15, 0.2) is 17.1 Å². The number of nitrogens with one attached hydrogen (secondary N) is 1. The molecular weight excluding hydrogens is 448 g/mol. The number of likely N-dealkylation sites (N-methyl/N-ethyl adjacent to an activating group) is 1. The third kappa shape index (κ3) is 3.56. The van der Waals surface area contributed by atoms with Crippen LogP contribution in [0.1, 0.15) is 12.0 Å². The zero-order chi connectivity index (χ0) is 24.0. The molecule has 1 saturated heterocycles. The predicted octanol–water partition coefficient (Wildman–Crippen LogP) is 1.56. The van der Waals surface area contributed by atoms with Gasteiger partial charge in [-0.3, -0.25) is 9.78 Å². The number of rotatable bonds is 5. The summed E-state index contributed by atoms with van der Waals surface area (Å²) in [6, 6.07) is 7.10. The number of hydrogen-bond donors (Lipinski definition) is 2. The van der Waals surface area contributed by atoms with Crippen LogP contribution in [0, 0.1) is 0 Å². The Labute approximate surface area is 198 Å². The average molecular weight is 468 g/mol. The van der Waals surface area contributed by atoms with Crippen LogP contribution in [0.25, 0.3) is 22.7 Å². The van der Waals surface area contributed by atoms with Gasteiger partial charge in [-0.15, -0.1) is 0 Å². The molecule has 0 radical (unpaired) electrons. The fourth-order valence-corrected chi connectivity index (χ4v) is 4.11. The highest BCUT2D eigenvalue weighted by Crippen LogP contribution is 2.33. The molecule has 0 spiro atoms. The average Bonchev–Trinajstić information content (AvgIpc) is 3.61.